The lowest BCUT2D eigenvalue weighted by Gasteiger charge is -2.00. The number of carbonyl (C=O) groups is 2. The van der Waals surface area contributed by atoms with Gasteiger partial charge in [-0.3, -0.25) is 0 Å². The molecule has 0 aliphatic rings. The van der Waals surface area contributed by atoms with E-state index in [1.54, 1.807) is 0 Å². The van der Waals surface area contributed by atoms with E-state index >= 15 is 0 Å². The van der Waals surface area contributed by atoms with Crippen LogP contribution in [0.15, 0.2) is 30.3 Å². The third-order valence-corrected chi connectivity index (χ3v) is 1.70. The van der Waals surface area contributed by atoms with Crippen LogP contribution in [-0.2, 0) is 9.59 Å². The SMILES string of the molecule is CC(C=O)c1ccccc1.CCC=O. The van der Waals surface area contributed by atoms with Gasteiger partial charge >= 0.3 is 0 Å². The molecule has 0 radical (unpaired) electrons. The standard InChI is InChI=1S/C9H10O.C3H6O/c1-8(7-10)9-5-3-2-4-6-9;1-2-3-4/h2-8H,1H3;3H,2H2,1H3. The van der Waals surface area contributed by atoms with Crippen LogP contribution in [0.5, 0.6) is 0 Å². The van der Waals surface area contributed by atoms with Crippen molar-refractivity contribution < 1.29 is 9.59 Å². The average molecular weight is 192 g/mol. The summed E-state index contributed by atoms with van der Waals surface area (Å²) in [6.45, 7) is 3.70. The molecule has 0 saturated carbocycles. The molecule has 0 saturated heterocycles. The molecule has 2 nitrogen and oxygen atoms in total. The quantitative estimate of drug-likeness (QED) is 0.690. The number of benzene rings is 1. The van der Waals surface area contributed by atoms with Crippen LogP contribution in [-0.4, -0.2) is 12.6 Å². The Labute approximate surface area is 84.9 Å². The van der Waals surface area contributed by atoms with E-state index in [2.05, 4.69) is 0 Å². The molecule has 0 amide bonds. The second-order valence-electron chi connectivity index (χ2n) is 2.91. The Kier molecular flexibility index (Phi) is 7.33. The summed E-state index contributed by atoms with van der Waals surface area (Å²) in [5, 5.41) is 0. The minimum Gasteiger partial charge on any atom is -0.303 e. The van der Waals surface area contributed by atoms with Gasteiger partial charge in [0.25, 0.3) is 0 Å². The Balaban J connectivity index is 0.000000364. The summed E-state index contributed by atoms with van der Waals surface area (Å²) in [6.07, 6.45) is 2.47. The van der Waals surface area contributed by atoms with E-state index in [0.717, 1.165) is 18.1 Å². The van der Waals surface area contributed by atoms with Crippen molar-refractivity contribution in [3.63, 3.8) is 0 Å². The van der Waals surface area contributed by atoms with Crippen LogP contribution < -0.4 is 0 Å². The fourth-order valence-corrected chi connectivity index (χ4v) is 0.835. The van der Waals surface area contributed by atoms with E-state index in [-0.39, 0.29) is 5.92 Å². The summed E-state index contributed by atoms with van der Waals surface area (Å²) in [6, 6.07) is 9.74. The lowest BCUT2D eigenvalue weighted by atomic mass is 10.0. The Morgan fingerprint density at radius 1 is 1.21 bits per heavy atom. The summed E-state index contributed by atoms with van der Waals surface area (Å²) in [4.78, 5) is 19.5. The first-order chi connectivity index (χ1) is 6.76. The highest BCUT2D eigenvalue weighted by atomic mass is 16.1. The molecule has 0 aliphatic heterocycles. The van der Waals surface area contributed by atoms with E-state index in [0.29, 0.717) is 6.42 Å². The molecule has 1 aromatic carbocycles. The predicted octanol–water partition coefficient (Wildman–Crippen LogP) is 2.58. The van der Waals surface area contributed by atoms with Gasteiger partial charge in [0.05, 0.1) is 0 Å². The normalized spacial score (nSPS) is 10.7. The van der Waals surface area contributed by atoms with Crippen LogP contribution in [0.3, 0.4) is 0 Å². The maximum absolute atomic E-state index is 10.3. The van der Waals surface area contributed by atoms with Crippen molar-refractivity contribution in [3.8, 4) is 0 Å². The maximum atomic E-state index is 10.3. The van der Waals surface area contributed by atoms with E-state index in [1.807, 2.05) is 44.2 Å². The highest BCUT2D eigenvalue weighted by molar-refractivity contribution is 5.61. The smallest absolute Gasteiger partial charge is 0.127 e. The zero-order valence-electron chi connectivity index (χ0n) is 8.64. The van der Waals surface area contributed by atoms with Crippen LogP contribution in [0.1, 0.15) is 31.7 Å². The zero-order chi connectivity index (χ0) is 10.8. The summed E-state index contributed by atoms with van der Waals surface area (Å²) in [7, 11) is 0. The van der Waals surface area contributed by atoms with Gasteiger partial charge < -0.3 is 9.59 Å². The molecule has 2 heteroatoms. The van der Waals surface area contributed by atoms with Gasteiger partial charge in [0.2, 0.25) is 0 Å². The predicted molar refractivity (Wildman–Crippen MR) is 57.3 cm³/mol. The van der Waals surface area contributed by atoms with Gasteiger partial charge in [-0.15, -0.1) is 0 Å². The molecule has 1 rings (SSSR count). The first-order valence-electron chi connectivity index (χ1n) is 4.70. The number of aldehydes is 2. The fourth-order valence-electron chi connectivity index (χ4n) is 0.835. The summed E-state index contributed by atoms with van der Waals surface area (Å²) < 4.78 is 0. The van der Waals surface area contributed by atoms with E-state index in [1.165, 1.54) is 0 Å². The largest absolute Gasteiger partial charge is 0.303 e. The molecule has 1 unspecified atom stereocenters. The molecule has 0 N–H and O–H groups in total. The highest BCUT2D eigenvalue weighted by Crippen LogP contribution is 2.10. The summed E-state index contributed by atoms with van der Waals surface area (Å²) in [5.41, 5.74) is 1.08. The van der Waals surface area contributed by atoms with Crippen LogP contribution in [0, 0.1) is 0 Å². The fraction of sp³-hybridized carbons (Fsp3) is 0.333. The van der Waals surface area contributed by atoms with Crippen molar-refractivity contribution in [2.75, 3.05) is 0 Å². The van der Waals surface area contributed by atoms with Gasteiger partial charge in [-0.2, -0.15) is 0 Å². The number of hydrogen-bond acceptors (Lipinski definition) is 2. The molecule has 0 bridgehead atoms. The molecule has 1 atom stereocenters. The van der Waals surface area contributed by atoms with Crippen molar-refractivity contribution in [1.82, 2.24) is 0 Å². The first-order valence-corrected chi connectivity index (χ1v) is 4.70. The molecule has 0 fully saturated rings. The van der Waals surface area contributed by atoms with Gasteiger partial charge in [-0.25, -0.2) is 0 Å². The number of rotatable bonds is 3. The molecule has 76 valence electrons. The summed E-state index contributed by atoms with van der Waals surface area (Å²) >= 11 is 0. The van der Waals surface area contributed by atoms with E-state index in [9.17, 15) is 9.59 Å². The van der Waals surface area contributed by atoms with Crippen molar-refractivity contribution in [3.05, 3.63) is 35.9 Å². The number of hydrogen-bond donors (Lipinski definition) is 0. The van der Waals surface area contributed by atoms with Crippen molar-refractivity contribution in [2.24, 2.45) is 0 Å². The monoisotopic (exact) mass is 192 g/mol. The molecular formula is C12H16O2. The minimum absolute atomic E-state index is 0.0289. The van der Waals surface area contributed by atoms with Gasteiger partial charge in [0, 0.05) is 12.3 Å². The summed E-state index contributed by atoms with van der Waals surface area (Å²) in [5.74, 6) is 0.0289. The van der Waals surface area contributed by atoms with Crippen LogP contribution in [0.25, 0.3) is 0 Å². The Morgan fingerprint density at radius 3 is 2.07 bits per heavy atom. The Hall–Kier alpha value is -1.44. The molecule has 0 aromatic heterocycles. The van der Waals surface area contributed by atoms with Crippen molar-refractivity contribution in [1.29, 1.82) is 0 Å². The third-order valence-electron chi connectivity index (χ3n) is 1.70. The van der Waals surface area contributed by atoms with Crippen LogP contribution in [0.4, 0.5) is 0 Å². The van der Waals surface area contributed by atoms with E-state index in [4.69, 9.17) is 0 Å². The molecule has 0 spiro atoms. The average Bonchev–Trinajstić information content (AvgIpc) is 2.29. The first kappa shape index (κ1) is 12.6. The maximum Gasteiger partial charge on any atom is 0.127 e. The minimum atomic E-state index is 0.0289. The van der Waals surface area contributed by atoms with Gasteiger partial charge in [-0.05, 0) is 5.56 Å². The highest BCUT2D eigenvalue weighted by Gasteiger charge is 1.99. The zero-order valence-corrected chi connectivity index (χ0v) is 8.64. The lowest BCUT2D eigenvalue weighted by Crippen LogP contribution is -1.92. The number of carbonyl (C=O) groups excluding carboxylic acids is 2. The van der Waals surface area contributed by atoms with Gasteiger partial charge in [0.1, 0.15) is 12.6 Å². The molecule has 0 heterocycles. The second-order valence-corrected chi connectivity index (χ2v) is 2.91. The molecule has 14 heavy (non-hydrogen) atoms. The van der Waals surface area contributed by atoms with E-state index < -0.39 is 0 Å². The van der Waals surface area contributed by atoms with Crippen LogP contribution >= 0.6 is 0 Å². The molecular weight excluding hydrogens is 176 g/mol. The lowest BCUT2D eigenvalue weighted by molar-refractivity contribution is -0.109. The van der Waals surface area contributed by atoms with Gasteiger partial charge in [-0.1, -0.05) is 44.2 Å². The Morgan fingerprint density at radius 2 is 1.71 bits per heavy atom. The Bertz CT molecular complexity index is 254. The third kappa shape index (κ3) is 5.25. The van der Waals surface area contributed by atoms with Crippen LogP contribution in [0.2, 0.25) is 0 Å². The van der Waals surface area contributed by atoms with Gasteiger partial charge in [0.15, 0.2) is 0 Å². The van der Waals surface area contributed by atoms with Crippen molar-refractivity contribution in [2.45, 2.75) is 26.2 Å². The topological polar surface area (TPSA) is 34.1 Å². The van der Waals surface area contributed by atoms with Crippen molar-refractivity contribution >= 4 is 12.6 Å². The second kappa shape index (κ2) is 8.17. The molecule has 1 aromatic rings. The molecule has 0 aliphatic carbocycles.